The van der Waals surface area contributed by atoms with E-state index in [1.807, 2.05) is 6.92 Å². The van der Waals surface area contributed by atoms with Crippen LogP contribution in [0.25, 0.3) is 0 Å². The summed E-state index contributed by atoms with van der Waals surface area (Å²) in [5.74, 6) is -2.06. The number of hydrogen-bond donors (Lipinski definition) is 3. The third-order valence-corrected chi connectivity index (χ3v) is 4.49. The highest BCUT2D eigenvalue weighted by atomic mass is 32.2. The second-order valence-corrected chi connectivity index (χ2v) is 6.84. The second-order valence-electron chi connectivity index (χ2n) is 5.15. The van der Waals surface area contributed by atoms with E-state index in [9.17, 15) is 18.0 Å². The van der Waals surface area contributed by atoms with Gasteiger partial charge in [-0.3, -0.25) is 4.79 Å². The van der Waals surface area contributed by atoms with Gasteiger partial charge in [-0.1, -0.05) is 6.92 Å². The molecule has 21 heavy (non-hydrogen) atoms. The molecular formula is C12H19N3O5S. The summed E-state index contributed by atoms with van der Waals surface area (Å²) >= 11 is 0. The minimum absolute atomic E-state index is 0.130. The molecule has 8 nitrogen and oxygen atoms in total. The zero-order valence-electron chi connectivity index (χ0n) is 12.1. The Kier molecular flexibility index (Phi) is 4.79. The number of carboxylic acid groups (broad SMARTS) is 1. The Balaban J connectivity index is 3.24. The van der Waals surface area contributed by atoms with Gasteiger partial charge in [-0.25, -0.2) is 13.2 Å². The van der Waals surface area contributed by atoms with Crippen molar-refractivity contribution >= 4 is 21.9 Å². The number of amides is 1. The Labute approximate surface area is 123 Å². The van der Waals surface area contributed by atoms with Crippen LogP contribution < -0.4 is 10.5 Å². The standard InChI is InChI=1S/C12H19N3O5S/c1-4-5-15-7-8(6-9(15)10(16)17)21(19,20)14-12(2,3)11(13)18/h6-7,14H,4-5H2,1-3H3,(H2,13,18)(H,16,17). The van der Waals surface area contributed by atoms with Crippen molar-refractivity contribution in [3.8, 4) is 0 Å². The smallest absolute Gasteiger partial charge is 0.352 e. The molecule has 0 unspecified atom stereocenters. The first-order valence-corrected chi connectivity index (χ1v) is 7.77. The number of nitrogens with one attached hydrogen (secondary N) is 1. The van der Waals surface area contributed by atoms with Gasteiger partial charge in [-0.05, 0) is 26.3 Å². The van der Waals surface area contributed by atoms with Crippen LogP contribution in [0.3, 0.4) is 0 Å². The van der Waals surface area contributed by atoms with E-state index < -0.39 is 27.4 Å². The predicted molar refractivity (Wildman–Crippen MR) is 75.3 cm³/mol. The summed E-state index contributed by atoms with van der Waals surface area (Å²) < 4.78 is 27.9. The number of aromatic carboxylic acids is 1. The van der Waals surface area contributed by atoms with E-state index in [1.54, 1.807) is 0 Å². The van der Waals surface area contributed by atoms with Gasteiger partial charge in [0.25, 0.3) is 0 Å². The molecule has 118 valence electrons. The van der Waals surface area contributed by atoms with Crippen LogP contribution in [-0.4, -0.2) is 35.5 Å². The molecule has 0 atom stereocenters. The molecule has 1 amide bonds. The molecule has 0 spiro atoms. The third-order valence-electron chi connectivity index (χ3n) is 2.87. The highest BCUT2D eigenvalue weighted by Crippen LogP contribution is 2.17. The average Bonchev–Trinajstić information content (AvgIpc) is 2.73. The van der Waals surface area contributed by atoms with Gasteiger partial charge in [0.2, 0.25) is 15.9 Å². The van der Waals surface area contributed by atoms with E-state index in [0.717, 1.165) is 6.07 Å². The SMILES string of the molecule is CCCn1cc(S(=O)(=O)NC(C)(C)C(N)=O)cc1C(=O)O. The highest BCUT2D eigenvalue weighted by Gasteiger charge is 2.32. The minimum atomic E-state index is -4.05. The van der Waals surface area contributed by atoms with Gasteiger partial charge in [0, 0.05) is 12.7 Å². The molecule has 4 N–H and O–H groups in total. The molecule has 1 heterocycles. The summed E-state index contributed by atoms with van der Waals surface area (Å²) in [5, 5.41) is 9.08. The fourth-order valence-corrected chi connectivity index (χ4v) is 3.10. The van der Waals surface area contributed by atoms with Gasteiger partial charge in [-0.15, -0.1) is 0 Å². The average molecular weight is 317 g/mol. The number of rotatable bonds is 7. The first kappa shape index (κ1) is 17.2. The summed E-state index contributed by atoms with van der Waals surface area (Å²) in [6.45, 7) is 4.87. The molecular weight excluding hydrogens is 298 g/mol. The molecule has 0 aliphatic heterocycles. The molecule has 1 aromatic rings. The van der Waals surface area contributed by atoms with E-state index in [4.69, 9.17) is 10.8 Å². The number of carbonyl (C=O) groups is 2. The largest absolute Gasteiger partial charge is 0.477 e. The van der Waals surface area contributed by atoms with E-state index in [1.165, 1.54) is 24.6 Å². The number of sulfonamides is 1. The molecule has 0 radical (unpaired) electrons. The zero-order chi connectivity index (χ0) is 16.4. The maximum atomic E-state index is 12.2. The predicted octanol–water partition coefficient (Wildman–Crippen LogP) is 0.139. The lowest BCUT2D eigenvalue weighted by Crippen LogP contribution is -2.52. The van der Waals surface area contributed by atoms with E-state index in [2.05, 4.69) is 4.72 Å². The van der Waals surface area contributed by atoms with E-state index >= 15 is 0 Å². The van der Waals surface area contributed by atoms with Crippen LogP contribution in [0.1, 0.15) is 37.7 Å². The van der Waals surface area contributed by atoms with Crippen molar-refractivity contribution in [1.82, 2.24) is 9.29 Å². The van der Waals surface area contributed by atoms with Crippen LogP contribution in [0.2, 0.25) is 0 Å². The number of aromatic nitrogens is 1. The van der Waals surface area contributed by atoms with Crippen molar-refractivity contribution in [2.45, 2.75) is 44.2 Å². The first-order valence-electron chi connectivity index (χ1n) is 6.28. The molecule has 1 aromatic heterocycles. The van der Waals surface area contributed by atoms with Gasteiger partial charge < -0.3 is 15.4 Å². The lowest BCUT2D eigenvalue weighted by Gasteiger charge is -2.21. The van der Waals surface area contributed by atoms with Crippen LogP contribution in [0.15, 0.2) is 17.2 Å². The van der Waals surface area contributed by atoms with E-state index in [-0.39, 0.29) is 10.6 Å². The number of primary amides is 1. The van der Waals surface area contributed by atoms with Crippen LogP contribution in [0.5, 0.6) is 0 Å². The number of nitrogens with zero attached hydrogens (tertiary/aromatic N) is 1. The summed E-state index contributed by atoms with van der Waals surface area (Å²) in [6, 6.07) is 1.05. The number of nitrogens with two attached hydrogens (primary N) is 1. The number of carbonyl (C=O) groups excluding carboxylic acids is 1. The van der Waals surface area contributed by atoms with Gasteiger partial charge >= 0.3 is 5.97 Å². The molecule has 0 aliphatic carbocycles. The van der Waals surface area contributed by atoms with Gasteiger partial charge in [0.15, 0.2) is 0 Å². The molecule has 0 saturated carbocycles. The normalized spacial score (nSPS) is 12.3. The Morgan fingerprint density at radius 2 is 2.00 bits per heavy atom. The topological polar surface area (TPSA) is 131 Å². The van der Waals surface area contributed by atoms with Crippen molar-refractivity contribution in [2.24, 2.45) is 5.73 Å². The first-order chi connectivity index (χ1) is 9.51. The molecule has 0 aliphatic rings. The van der Waals surface area contributed by atoms with Crippen molar-refractivity contribution in [2.75, 3.05) is 0 Å². The van der Waals surface area contributed by atoms with E-state index in [0.29, 0.717) is 13.0 Å². The van der Waals surface area contributed by atoms with Crippen molar-refractivity contribution in [3.63, 3.8) is 0 Å². The quantitative estimate of drug-likeness (QED) is 0.658. The van der Waals surface area contributed by atoms with Crippen LogP contribution >= 0.6 is 0 Å². The van der Waals surface area contributed by atoms with Crippen molar-refractivity contribution in [1.29, 1.82) is 0 Å². The molecule has 0 aromatic carbocycles. The zero-order valence-corrected chi connectivity index (χ0v) is 12.9. The van der Waals surface area contributed by atoms with Gasteiger partial charge in [0.1, 0.15) is 16.1 Å². The Morgan fingerprint density at radius 3 is 2.43 bits per heavy atom. The summed E-state index contributed by atoms with van der Waals surface area (Å²) in [5.41, 5.74) is 3.51. The number of hydrogen-bond acceptors (Lipinski definition) is 4. The molecule has 9 heteroatoms. The Hall–Kier alpha value is -1.87. The minimum Gasteiger partial charge on any atom is -0.477 e. The maximum Gasteiger partial charge on any atom is 0.352 e. The Morgan fingerprint density at radius 1 is 1.43 bits per heavy atom. The molecule has 0 fully saturated rings. The fourth-order valence-electron chi connectivity index (χ4n) is 1.68. The highest BCUT2D eigenvalue weighted by molar-refractivity contribution is 7.89. The molecule has 1 rings (SSSR count). The summed E-state index contributed by atoms with van der Waals surface area (Å²) in [6.07, 6.45) is 1.88. The summed E-state index contributed by atoms with van der Waals surface area (Å²) in [7, 11) is -4.05. The molecule has 0 saturated heterocycles. The van der Waals surface area contributed by atoms with Crippen molar-refractivity contribution in [3.05, 3.63) is 18.0 Å². The summed E-state index contributed by atoms with van der Waals surface area (Å²) in [4.78, 5) is 22.1. The number of aryl methyl sites for hydroxylation is 1. The van der Waals surface area contributed by atoms with Gasteiger partial charge in [-0.2, -0.15) is 4.72 Å². The monoisotopic (exact) mass is 317 g/mol. The fraction of sp³-hybridized carbons (Fsp3) is 0.500. The van der Waals surface area contributed by atoms with Gasteiger partial charge in [0.05, 0.1) is 0 Å². The van der Waals surface area contributed by atoms with Crippen LogP contribution in [0.4, 0.5) is 0 Å². The number of carboxylic acids is 1. The van der Waals surface area contributed by atoms with Crippen LogP contribution in [-0.2, 0) is 21.4 Å². The molecule has 0 bridgehead atoms. The maximum absolute atomic E-state index is 12.2. The lowest BCUT2D eigenvalue weighted by atomic mass is 10.1. The second kappa shape index (κ2) is 5.86. The Bertz CT molecular complexity index is 660. The van der Waals surface area contributed by atoms with Crippen molar-refractivity contribution < 1.29 is 23.1 Å². The lowest BCUT2D eigenvalue weighted by molar-refractivity contribution is -0.122. The van der Waals surface area contributed by atoms with Crippen LogP contribution in [0, 0.1) is 0 Å². The third kappa shape index (κ3) is 3.82.